The molecule has 1 aliphatic rings. The molecule has 0 aromatic rings. The Morgan fingerprint density at radius 3 is 1.92 bits per heavy atom. The lowest BCUT2D eigenvalue weighted by Gasteiger charge is -2.50. The number of hydrogen-bond donors (Lipinski definition) is 2. The lowest BCUT2D eigenvalue weighted by atomic mass is 9.80. The summed E-state index contributed by atoms with van der Waals surface area (Å²) in [4.78, 5) is 2.28. The van der Waals surface area contributed by atoms with Gasteiger partial charge in [-0.2, -0.15) is 0 Å². The van der Waals surface area contributed by atoms with Gasteiger partial charge in [-0.15, -0.1) is 0 Å². The number of likely N-dealkylation sites (tertiary alicyclic amines) is 1. The first-order chi connectivity index (χ1) is 5.91. The predicted molar refractivity (Wildman–Crippen MR) is 52.5 cm³/mol. The van der Waals surface area contributed by atoms with Crippen LogP contribution in [-0.4, -0.2) is 48.0 Å². The van der Waals surface area contributed by atoms with Crippen LogP contribution in [0.3, 0.4) is 0 Å². The molecule has 0 atom stereocenters. The zero-order valence-corrected chi connectivity index (χ0v) is 8.88. The molecule has 1 heterocycles. The zero-order valence-electron chi connectivity index (χ0n) is 8.88. The Morgan fingerprint density at radius 1 is 1.15 bits per heavy atom. The highest BCUT2D eigenvalue weighted by Gasteiger charge is 2.42. The van der Waals surface area contributed by atoms with Gasteiger partial charge in [0.15, 0.2) is 0 Å². The number of nitrogens with zero attached hydrogens (tertiary/aromatic N) is 1. The molecule has 1 rings (SSSR count). The van der Waals surface area contributed by atoms with E-state index in [4.69, 9.17) is 10.2 Å². The topological polar surface area (TPSA) is 43.7 Å². The second kappa shape index (κ2) is 3.56. The van der Waals surface area contributed by atoms with Gasteiger partial charge < -0.3 is 15.1 Å². The second-order valence-corrected chi connectivity index (χ2v) is 5.52. The van der Waals surface area contributed by atoms with E-state index in [2.05, 4.69) is 25.7 Å². The first kappa shape index (κ1) is 11.0. The van der Waals surface area contributed by atoms with E-state index in [-0.39, 0.29) is 18.6 Å². The van der Waals surface area contributed by atoms with Gasteiger partial charge in [0, 0.05) is 25.0 Å². The van der Waals surface area contributed by atoms with Crippen molar-refractivity contribution in [2.45, 2.75) is 20.8 Å². The molecule has 0 saturated carbocycles. The molecule has 0 aliphatic carbocycles. The molecule has 1 aliphatic heterocycles. The molecule has 3 heteroatoms. The molecule has 0 spiro atoms. The van der Waals surface area contributed by atoms with Crippen LogP contribution in [0.1, 0.15) is 20.8 Å². The number of aliphatic hydroxyl groups excluding tert-OH is 2. The maximum Gasteiger partial charge on any atom is 0.0534 e. The van der Waals surface area contributed by atoms with E-state index in [1.165, 1.54) is 0 Å². The van der Waals surface area contributed by atoms with Crippen LogP contribution in [0.5, 0.6) is 0 Å². The van der Waals surface area contributed by atoms with Gasteiger partial charge in [-0.05, 0) is 5.41 Å². The van der Waals surface area contributed by atoms with E-state index < -0.39 is 0 Å². The summed E-state index contributed by atoms with van der Waals surface area (Å²) >= 11 is 0. The van der Waals surface area contributed by atoms with Gasteiger partial charge in [0.05, 0.1) is 13.2 Å². The molecule has 0 aromatic carbocycles. The van der Waals surface area contributed by atoms with Crippen molar-refractivity contribution in [3.63, 3.8) is 0 Å². The molecule has 0 unspecified atom stereocenters. The third kappa shape index (κ3) is 2.66. The molecule has 13 heavy (non-hydrogen) atoms. The van der Waals surface area contributed by atoms with Crippen molar-refractivity contribution in [3.8, 4) is 0 Å². The Balaban J connectivity index is 2.32. The van der Waals surface area contributed by atoms with E-state index in [1.54, 1.807) is 0 Å². The minimum atomic E-state index is -0.217. The maximum atomic E-state index is 9.07. The van der Waals surface area contributed by atoms with Crippen molar-refractivity contribution in [3.05, 3.63) is 0 Å². The van der Waals surface area contributed by atoms with E-state index >= 15 is 0 Å². The first-order valence-corrected chi connectivity index (χ1v) is 4.85. The molecule has 0 radical (unpaired) electrons. The second-order valence-electron chi connectivity index (χ2n) is 5.52. The lowest BCUT2D eigenvalue weighted by Crippen LogP contribution is -2.61. The average molecular weight is 187 g/mol. The van der Waals surface area contributed by atoms with Crippen LogP contribution >= 0.6 is 0 Å². The van der Waals surface area contributed by atoms with Crippen LogP contribution in [-0.2, 0) is 0 Å². The van der Waals surface area contributed by atoms with Crippen molar-refractivity contribution in [1.82, 2.24) is 4.90 Å². The largest absolute Gasteiger partial charge is 0.396 e. The molecular weight excluding hydrogens is 166 g/mol. The first-order valence-electron chi connectivity index (χ1n) is 4.85. The summed E-state index contributed by atoms with van der Waals surface area (Å²) in [5.74, 6) is 0. The fourth-order valence-corrected chi connectivity index (χ4v) is 1.93. The maximum absolute atomic E-state index is 9.07. The SMILES string of the molecule is CC(C)(C)CN1CC(CO)(CO)C1. The van der Waals surface area contributed by atoms with Crippen LogP contribution in [0.4, 0.5) is 0 Å². The lowest BCUT2D eigenvalue weighted by molar-refractivity contribution is -0.0849. The molecule has 3 nitrogen and oxygen atoms in total. The van der Waals surface area contributed by atoms with Gasteiger partial charge in [-0.3, -0.25) is 0 Å². The summed E-state index contributed by atoms with van der Waals surface area (Å²) in [7, 11) is 0. The quantitative estimate of drug-likeness (QED) is 0.668. The van der Waals surface area contributed by atoms with E-state index in [0.717, 1.165) is 19.6 Å². The van der Waals surface area contributed by atoms with E-state index in [0.29, 0.717) is 5.41 Å². The third-order valence-corrected chi connectivity index (χ3v) is 2.49. The highest BCUT2D eigenvalue weighted by Crippen LogP contribution is 2.31. The minimum Gasteiger partial charge on any atom is -0.396 e. The summed E-state index contributed by atoms with van der Waals surface area (Å²) in [5.41, 5.74) is 0.0856. The van der Waals surface area contributed by atoms with Crippen molar-refractivity contribution >= 4 is 0 Å². The Morgan fingerprint density at radius 2 is 1.62 bits per heavy atom. The molecule has 1 fully saturated rings. The summed E-state index contributed by atoms with van der Waals surface area (Å²) in [5, 5.41) is 18.1. The van der Waals surface area contributed by atoms with Crippen LogP contribution in [0.25, 0.3) is 0 Å². The summed E-state index contributed by atoms with van der Waals surface area (Å²) < 4.78 is 0. The summed E-state index contributed by atoms with van der Waals surface area (Å²) in [6.45, 7) is 9.50. The smallest absolute Gasteiger partial charge is 0.0534 e. The minimum absolute atomic E-state index is 0.101. The van der Waals surface area contributed by atoms with Crippen LogP contribution in [0.2, 0.25) is 0 Å². The standard InChI is InChI=1S/C10H21NO2/c1-9(2,3)4-11-5-10(6-11,7-12)8-13/h12-13H,4-8H2,1-3H3. The Kier molecular flexibility index (Phi) is 3.00. The van der Waals surface area contributed by atoms with Gasteiger partial charge in [0.2, 0.25) is 0 Å². The van der Waals surface area contributed by atoms with Gasteiger partial charge in [-0.1, -0.05) is 20.8 Å². The van der Waals surface area contributed by atoms with Crippen molar-refractivity contribution in [1.29, 1.82) is 0 Å². The van der Waals surface area contributed by atoms with Gasteiger partial charge in [0.25, 0.3) is 0 Å². The van der Waals surface area contributed by atoms with Crippen LogP contribution in [0, 0.1) is 10.8 Å². The normalized spacial score (nSPS) is 22.8. The molecule has 0 aromatic heterocycles. The molecule has 2 N–H and O–H groups in total. The predicted octanol–water partition coefficient (Wildman–Crippen LogP) is 0.319. The average Bonchev–Trinajstić information content (AvgIpc) is 1.94. The summed E-state index contributed by atoms with van der Waals surface area (Å²) in [6.07, 6.45) is 0. The molecule has 0 bridgehead atoms. The van der Waals surface area contributed by atoms with Crippen LogP contribution < -0.4 is 0 Å². The van der Waals surface area contributed by atoms with Crippen molar-refractivity contribution < 1.29 is 10.2 Å². The highest BCUT2D eigenvalue weighted by molar-refractivity contribution is 4.95. The molecular formula is C10H21NO2. The summed E-state index contributed by atoms with van der Waals surface area (Å²) in [6, 6.07) is 0. The fraction of sp³-hybridized carbons (Fsp3) is 1.00. The Labute approximate surface area is 80.4 Å². The van der Waals surface area contributed by atoms with E-state index in [9.17, 15) is 0 Å². The molecule has 0 amide bonds. The number of hydrogen-bond acceptors (Lipinski definition) is 3. The van der Waals surface area contributed by atoms with Gasteiger partial charge >= 0.3 is 0 Å². The zero-order chi connectivity index (χ0) is 10.1. The molecule has 78 valence electrons. The molecule has 1 saturated heterocycles. The third-order valence-electron chi connectivity index (χ3n) is 2.49. The monoisotopic (exact) mass is 187 g/mol. The number of rotatable bonds is 3. The Bertz CT molecular complexity index is 162. The highest BCUT2D eigenvalue weighted by atomic mass is 16.3. The van der Waals surface area contributed by atoms with E-state index in [1.807, 2.05) is 0 Å². The fourth-order valence-electron chi connectivity index (χ4n) is 1.93. The van der Waals surface area contributed by atoms with Crippen LogP contribution in [0.15, 0.2) is 0 Å². The van der Waals surface area contributed by atoms with Crippen molar-refractivity contribution in [2.75, 3.05) is 32.8 Å². The number of aliphatic hydroxyl groups is 2. The van der Waals surface area contributed by atoms with Crippen molar-refractivity contribution in [2.24, 2.45) is 10.8 Å². The Hall–Kier alpha value is -0.120. The van der Waals surface area contributed by atoms with Gasteiger partial charge in [0.1, 0.15) is 0 Å². The van der Waals surface area contributed by atoms with Gasteiger partial charge in [-0.25, -0.2) is 0 Å².